The Kier molecular flexibility index (Phi) is 3.47. The third kappa shape index (κ3) is 2.71. The van der Waals surface area contributed by atoms with Crippen molar-refractivity contribution in [3.8, 4) is 0 Å². The quantitative estimate of drug-likeness (QED) is 0.885. The van der Waals surface area contributed by atoms with Gasteiger partial charge in [0.1, 0.15) is 0 Å². The molecule has 0 aliphatic rings. The van der Waals surface area contributed by atoms with Gasteiger partial charge in [0.15, 0.2) is 0 Å². The number of carbonyl (C=O) groups is 2. The van der Waals surface area contributed by atoms with E-state index in [-0.39, 0.29) is 5.56 Å². The van der Waals surface area contributed by atoms with E-state index < -0.39 is 12.0 Å². The zero-order chi connectivity index (χ0) is 13.8. The summed E-state index contributed by atoms with van der Waals surface area (Å²) in [5.74, 6) is -1.06. The van der Waals surface area contributed by atoms with Crippen molar-refractivity contribution >= 4 is 23.4 Å². The number of amides is 2. The van der Waals surface area contributed by atoms with Crippen molar-refractivity contribution in [1.82, 2.24) is 0 Å². The van der Waals surface area contributed by atoms with Crippen molar-refractivity contribution < 1.29 is 14.7 Å². The molecule has 2 amide bonds. The van der Waals surface area contributed by atoms with Crippen LogP contribution in [-0.4, -0.2) is 17.1 Å². The van der Waals surface area contributed by atoms with E-state index in [1.165, 1.54) is 17.0 Å². The lowest BCUT2D eigenvalue weighted by atomic mass is 10.1. The van der Waals surface area contributed by atoms with E-state index in [0.717, 1.165) is 0 Å². The van der Waals surface area contributed by atoms with Crippen LogP contribution in [0.4, 0.5) is 16.2 Å². The summed E-state index contributed by atoms with van der Waals surface area (Å²) >= 11 is 0. The van der Waals surface area contributed by atoms with E-state index in [0.29, 0.717) is 11.4 Å². The number of aromatic carboxylic acids is 1. The van der Waals surface area contributed by atoms with E-state index in [9.17, 15) is 9.59 Å². The third-order valence-corrected chi connectivity index (χ3v) is 2.59. The molecular formula is C14H12N2O3. The number of carboxylic acid groups (broad SMARTS) is 1. The van der Waals surface area contributed by atoms with Gasteiger partial charge >= 0.3 is 12.0 Å². The minimum absolute atomic E-state index is 0.0969. The second kappa shape index (κ2) is 5.22. The van der Waals surface area contributed by atoms with Crippen LogP contribution >= 0.6 is 0 Å². The number of anilines is 2. The number of primary amides is 1. The highest BCUT2D eigenvalue weighted by Gasteiger charge is 2.16. The van der Waals surface area contributed by atoms with E-state index in [4.69, 9.17) is 10.8 Å². The molecule has 2 rings (SSSR count). The van der Waals surface area contributed by atoms with E-state index in [1.807, 2.05) is 6.07 Å². The first-order valence-electron chi connectivity index (χ1n) is 5.57. The van der Waals surface area contributed by atoms with Crippen LogP contribution in [0.25, 0.3) is 0 Å². The SMILES string of the molecule is NC(=O)N(c1ccccc1)c1cccc(C(=O)O)c1. The number of hydrogen-bond donors (Lipinski definition) is 2. The number of hydrogen-bond acceptors (Lipinski definition) is 2. The number of urea groups is 1. The first-order chi connectivity index (χ1) is 9.09. The lowest BCUT2D eigenvalue weighted by Gasteiger charge is -2.20. The van der Waals surface area contributed by atoms with Gasteiger partial charge in [-0.1, -0.05) is 24.3 Å². The molecule has 5 heteroatoms. The van der Waals surface area contributed by atoms with E-state index in [2.05, 4.69) is 0 Å². The average molecular weight is 256 g/mol. The average Bonchev–Trinajstić information content (AvgIpc) is 2.40. The van der Waals surface area contributed by atoms with E-state index in [1.54, 1.807) is 36.4 Å². The summed E-state index contributed by atoms with van der Waals surface area (Å²) in [5.41, 5.74) is 6.46. The van der Waals surface area contributed by atoms with Crippen LogP contribution in [0.2, 0.25) is 0 Å². The number of para-hydroxylation sites is 1. The molecule has 96 valence electrons. The van der Waals surface area contributed by atoms with Crippen molar-refractivity contribution in [2.75, 3.05) is 4.90 Å². The third-order valence-electron chi connectivity index (χ3n) is 2.59. The van der Waals surface area contributed by atoms with Gasteiger partial charge in [-0.25, -0.2) is 9.59 Å². The predicted molar refractivity (Wildman–Crippen MR) is 71.6 cm³/mol. The van der Waals surface area contributed by atoms with Gasteiger partial charge in [0.05, 0.1) is 16.9 Å². The maximum atomic E-state index is 11.6. The number of carbonyl (C=O) groups excluding carboxylic acids is 1. The molecule has 0 spiro atoms. The Balaban J connectivity index is 2.49. The number of benzene rings is 2. The van der Waals surface area contributed by atoms with Gasteiger partial charge in [-0.2, -0.15) is 0 Å². The van der Waals surface area contributed by atoms with Crippen LogP contribution in [0.5, 0.6) is 0 Å². The lowest BCUT2D eigenvalue weighted by molar-refractivity contribution is 0.0697. The minimum atomic E-state index is -1.06. The molecule has 0 saturated carbocycles. The Morgan fingerprint density at radius 2 is 1.58 bits per heavy atom. The summed E-state index contributed by atoms with van der Waals surface area (Å²) < 4.78 is 0. The van der Waals surface area contributed by atoms with Crippen molar-refractivity contribution in [1.29, 1.82) is 0 Å². The van der Waals surface area contributed by atoms with Crippen LogP contribution in [0.15, 0.2) is 54.6 Å². The lowest BCUT2D eigenvalue weighted by Crippen LogP contribution is -2.31. The molecule has 0 heterocycles. The summed E-state index contributed by atoms with van der Waals surface area (Å²) in [5, 5.41) is 8.97. The predicted octanol–water partition coefficient (Wildman–Crippen LogP) is 2.60. The molecule has 0 atom stereocenters. The fourth-order valence-electron chi connectivity index (χ4n) is 1.76. The number of rotatable bonds is 3. The van der Waals surface area contributed by atoms with Gasteiger partial charge in [0.25, 0.3) is 0 Å². The molecule has 0 fully saturated rings. The first kappa shape index (κ1) is 12.6. The Labute approximate surface area is 109 Å². The number of nitrogens with zero attached hydrogens (tertiary/aromatic N) is 1. The van der Waals surface area contributed by atoms with Crippen molar-refractivity contribution in [3.05, 3.63) is 60.2 Å². The zero-order valence-corrected chi connectivity index (χ0v) is 9.98. The van der Waals surface area contributed by atoms with Gasteiger partial charge in [0, 0.05) is 0 Å². The van der Waals surface area contributed by atoms with Crippen LogP contribution in [0.3, 0.4) is 0 Å². The summed E-state index contributed by atoms with van der Waals surface area (Å²) in [4.78, 5) is 23.8. The standard InChI is InChI=1S/C14H12N2O3/c15-14(19)16(11-6-2-1-3-7-11)12-8-4-5-10(9-12)13(17)18/h1-9H,(H2,15,19)(H,17,18). The zero-order valence-electron chi connectivity index (χ0n) is 9.98. The van der Waals surface area contributed by atoms with Gasteiger partial charge in [-0.05, 0) is 30.3 Å². The highest BCUT2D eigenvalue weighted by Crippen LogP contribution is 2.25. The molecule has 0 unspecified atom stereocenters. The number of nitrogens with two attached hydrogens (primary N) is 1. The van der Waals surface area contributed by atoms with Crippen molar-refractivity contribution in [2.45, 2.75) is 0 Å². The highest BCUT2D eigenvalue weighted by molar-refractivity contribution is 5.99. The van der Waals surface area contributed by atoms with Gasteiger partial charge in [-0.15, -0.1) is 0 Å². The summed E-state index contributed by atoms with van der Waals surface area (Å²) in [6, 6.07) is 14.2. The first-order valence-corrected chi connectivity index (χ1v) is 5.57. The Bertz CT molecular complexity index is 611. The second-order valence-electron chi connectivity index (χ2n) is 3.86. The largest absolute Gasteiger partial charge is 0.478 e. The highest BCUT2D eigenvalue weighted by atomic mass is 16.4. The molecule has 2 aromatic carbocycles. The van der Waals surface area contributed by atoms with Gasteiger partial charge in [-0.3, -0.25) is 4.90 Å². The minimum Gasteiger partial charge on any atom is -0.478 e. The van der Waals surface area contributed by atoms with Gasteiger partial charge in [0.2, 0.25) is 0 Å². The Morgan fingerprint density at radius 3 is 2.16 bits per heavy atom. The van der Waals surface area contributed by atoms with Crippen LogP contribution < -0.4 is 10.6 Å². The molecule has 0 aliphatic carbocycles. The normalized spacial score (nSPS) is 9.89. The molecule has 0 saturated heterocycles. The van der Waals surface area contributed by atoms with Crippen LogP contribution in [0, 0.1) is 0 Å². The van der Waals surface area contributed by atoms with Crippen LogP contribution in [-0.2, 0) is 0 Å². The second-order valence-corrected chi connectivity index (χ2v) is 3.86. The fourth-order valence-corrected chi connectivity index (χ4v) is 1.76. The molecule has 19 heavy (non-hydrogen) atoms. The van der Waals surface area contributed by atoms with E-state index >= 15 is 0 Å². The molecule has 3 N–H and O–H groups in total. The number of carboxylic acids is 1. The maximum absolute atomic E-state index is 11.6. The molecule has 2 aromatic rings. The molecule has 0 radical (unpaired) electrons. The van der Waals surface area contributed by atoms with Crippen molar-refractivity contribution in [2.24, 2.45) is 5.73 Å². The summed E-state index contributed by atoms with van der Waals surface area (Å²) in [6.07, 6.45) is 0. The topological polar surface area (TPSA) is 83.6 Å². The molecule has 5 nitrogen and oxygen atoms in total. The molecule has 0 aromatic heterocycles. The smallest absolute Gasteiger partial charge is 0.335 e. The molecule has 0 aliphatic heterocycles. The van der Waals surface area contributed by atoms with Crippen LogP contribution in [0.1, 0.15) is 10.4 Å². The Morgan fingerprint density at radius 1 is 0.947 bits per heavy atom. The summed E-state index contributed by atoms with van der Waals surface area (Å²) in [6.45, 7) is 0. The fraction of sp³-hybridized carbons (Fsp3) is 0. The monoisotopic (exact) mass is 256 g/mol. The summed E-state index contributed by atoms with van der Waals surface area (Å²) in [7, 11) is 0. The Hall–Kier alpha value is -2.82. The van der Waals surface area contributed by atoms with Crippen molar-refractivity contribution in [3.63, 3.8) is 0 Å². The molecular weight excluding hydrogens is 244 g/mol. The maximum Gasteiger partial charge on any atom is 0.335 e. The van der Waals surface area contributed by atoms with Gasteiger partial charge < -0.3 is 10.8 Å². The molecule has 0 bridgehead atoms.